The van der Waals surface area contributed by atoms with Gasteiger partial charge in [0, 0.05) is 17.0 Å². The normalized spacial score (nSPS) is 16.7. The molecule has 4 nitrogen and oxygen atoms in total. The predicted molar refractivity (Wildman–Crippen MR) is 108 cm³/mol. The maximum Gasteiger partial charge on any atom is 0.309 e. The van der Waals surface area contributed by atoms with Crippen molar-refractivity contribution in [2.24, 2.45) is 5.10 Å². The summed E-state index contributed by atoms with van der Waals surface area (Å²) in [5.74, 6) is 0.343. The van der Waals surface area contributed by atoms with Gasteiger partial charge in [-0.15, -0.1) is 0 Å². The summed E-state index contributed by atoms with van der Waals surface area (Å²) in [5.41, 5.74) is 3.04. The topological polar surface area (TPSA) is 45.8 Å². The zero-order chi connectivity index (χ0) is 18.6. The highest BCUT2D eigenvalue weighted by atomic mass is 16.3. The molecule has 1 aliphatic heterocycles. The highest BCUT2D eigenvalue weighted by Gasteiger charge is 2.32. The van der Waals surface area contributed by atoms with Crippen molar-refractivity contribution in [3.05, 3.63) is 72.0 Å². The van der Waals surface area contributed by atoms with Crippen molar-refractivity contribution in [1.29, 1.82) is 0 Å². The van der Waals surface area contributed by atoms with Crippen LogP contribution in [-0.4, -0.2) is 23.2 Å². The van der Waals surface area contributed by atoms with Gasteiger partial charge in [-0.1, -0.05) is 68.3 Å². The zero-order valence-corrected chi connectivity index (χ0v) is 15.6. The second-order valence-electron chi connectivity index (χ2n) is 7.05. The minimum atomic E-state index is -0.169. The van der Waals surface area contributed by atoms with Crippen LogP contribution in [0.3, 0.4) is 0 Å². The van der Waals surface area contributed by atoms with Crippen LogP contribution in [0.5, 0.6) is 0 Å². The van der Waals surface area contributed by atoms with E-state index in [4.69, 9.17) is 9.52 Å². The van der Waals surface area contributed by atoms with E-state index in [1.807, 2.05) is 42.5 Å². The molecule has 2 aromatic carbocycles. The van der Waals surface area contributed by atoms with E-state index in [-0.39, 0.29) is 11.8 Å². The number of hydrogen-bond acceptors (Lipinski definition) is 3. The van der Waals surface area contributed by atoms with Crippen LogP contribution in [0.25, 0.3) is 11.0 Å². The van der Waals surface area contributed by atoms with Crippen LogP contribution in [0.1, 0.15) is 54.6 Å². The first-order valence-electron chi connectivity index (χ1n) is 9.69. The number of fused-ring (bicyclic) bond motifs is 1. The van der Waals surface area contributed by atoms with Gasteiger partial charge in [0.1, 0.15) is 5.58 Å². The maximum absolute atomic E-state index is 13.0. The number of rotatable bonds is 6. The fraction of sp³-hybridized carbons (Fsp3) is 0.304. The molecule has 0 radical (unpaired) electrons. The van der Waals surface area contributed by atoms with Crippen molar-refractivity contribution >= 4 is 22.6 Å². The first-order valence-corrected chi connectivity index (χ1v) is 9.69. The average Bonchev–Trinajstić information content (AvgIpc) is 3.33. The van der Waals surface area contributed by atoms with Crippen molar-refractivity contribution in [3.63, 3.8) is 0 Å². The molecule has 0 spiro atoms. The van der Waals surface area contributed by atoms with Gasteiger partial charge in [-0.3, -0.25) is 4.79 Å². The van der Waals surface area contributed by atoms with Crippen LogP contribution in [0.15, 0.2) is 70.2 Å². The van der Waals surface area contributed by atoms with E-state index in [9.17, 15) is 4.79 Å². The summed E-state index contributed by atoms with van der Waals surface area (Å²) in [7, 11) is 0. The van der Waals surface area contributed by atoms with Crippen molar-refractivity contribution in [3.8, 4) is 0 Å². The molecule has 1 aliphatic rings. The molecule has 4 rings (SSSR count). The number of hydrogen-bond donors (Lipinski definition) is 0. The number of unbranched alkanes of at least 4 members (excludes halogenated alkanes) is 2. The van der Waals surface area contributed by atoms with E-state index in [2.05, 4.69) is 19.1 Å². The summed E-state index contributed by atoms with van der Waals surface area (Å²) in [5, 5.41) is 7.22. The molecule has 0 saturated heterocycles. The monoisotopic (exact) mass is 360 g/mol. The lowest BCUT2D eigenvalue weighted by molar-refractivity contribution is 0.0745. The maximum atomic E-state index is 13.0. The summed E-state index contributed by atoms with van der Waals surface area (Å²) in [6, 6.07) is 19.8. The van der Waals surface area contributed by atoms with E-state index >= 15 is 0 Å². The number of nitrogens with zero attached hydrogens (tertiary/aromatic N) is 2. The minimum absolute atomic E-state index is 0.163. The molecule has 3 aromatic rings. The largest absolute Gasteiger partial charge is 0.451 e. The first kappa shape index (κ1) is 17.5. The Balaban J connectivity index is 1.59. The van der Waals surface area contributed by atoms with Crippen LogP contribution >= 0.6 is 0 Å². The van der Waals surface area contributed by atoms with Gasteiger partial charge in [0.2, 0.25) is 0 Å². The van der Waals surface area contributed by atoms with Crippen molar-refractivity contribution in [2.75, 3.05) is 6.54 Å². The summed E-state index contributed by atoms with van der Waals surface area (Å²) >= 11 is 0. The Morgan fingerprint density at radius 3 is 2.67 bits per heavy atom. The molecule has 27 heavy (non-hydrogen) atoms. The summed E-state index contributed by atoms with van der Waals surface area (Å²) in [4.78, 5) is 13.0. The molecular weight excluding hydrogens is 336 g/mol. The van der Waals surface area contributed by atoms with Crippen LogP contribution in [0.2, 0.25) is 0 Å². The second kappa shape index (κ2) is 7.78. The molecule has 0 saturated carbocycles. The van der Waals surface area contributed by atoms with E-state index in [0.29, 0.717) is 12.3 Å². The molecule has 0 bridgehead atoms. The third-order valence-corrected chi connectivity index (χ3v) is 5.12. The Morgan fingerprint density at radius 1 is 1.11 bits per heavy atom. The van der Waals surface area contributed by atoms with E-state index in [1.165, 1.54) is 18.4 Å². The molecule has 0 fully saturated rings. The molecule has 1 aromatic heterocycles. The Labute approximate surface area is 159 Å². The first-order chi connectivity index (χ1) is 13.3. The summed E-state index contributed by atoms with van der Waals surface area (Å²) in [6.45, 7) is 2.77. The third kappa shape index (κ3) is 3.65. The molecule has 4 heteroatoms. The lowest BCUT2D eigenvalue weighted by Gasteiger charge is -2.14. The van der Waals surface area contributed by atoms with Crippen LogP contribution < -0.4 is 0 Å². The molecule has 1 amide bonds. The SMILES string of the molecule is CCCCCC1=NN(C(=O)c2cc3ccccc3o2)CC1c1ccccc1. The number of amides is 1. The Bertz CT molecular complexity index is 926. The van der Waals surface area contributed by atoms with Gasteiger partial charge in [0.15, 0.2) is 5.76 Å². The molecule has 0 aliphatic carbocycles. The van der Waals surface area contributed by atoms with Crippen molar-refractivity contribution in [2.45, 2.75) is 38.5 Å². The Kier molecular flexibility index (Phi) is 5.05. The number of hydrazone groups is 1. The van der Waals surface area contributed by atoms with Gasteiger partial charge < -0.3 is 4.42 Å². The molecule has 2 heterocycles. The second-order valence-corrected chi connectivity index (χ2v) is 7.05. The Morgan fingerprint density at radius 2 is 1.89 bits per heavy atom. The number of carbonyl (C=O) groups excluding carboxylic acids is 1. The molecule has 1 unspecified atom stereocenters. The van der Waals surface area contributed by atoms with Gasteiger partial charge >= 0.3 is 5.91 Å². The fourth-order valence-electron chi connectivity index (χ4n) is 3.65. The van der Waals surface area contributed by atoms with Gasteiger partial charge in [-0.2, -0.15) is 5.10 Å². The minimum Gasteiger partial charge on any atom is -0.451 e. The van der Waals surface area contributed by atoms with E-state index < -0.39 is 0 Å². The average molecular weight is 360 g/mol. The van der Waals surface area contributed by atoms with E-state index in [1.54, 1.807) is 11.1 Å². The van der Waals surface area contributed by atoms with E-state index in [0.717, 1.165) is 29.5 Å². The number of furan rings is 1. The smallest absolute Gasteiger partial charge is 0.309 e. The highest BCUT2D eigenvalue weighted by Crippen LogP contribution is 2.29. The predicted octanol–water partition coefficient (Wildman–Crippen LogP) is 5.61. The molecule has 0 N–H and O–H groups in total. The van der Waals surface area contributed by atoms with Gasteiger partial charge in [-0.05, 0) is 30.5 Å². The third-order valence-electron chi connectivity index (χ3n) is 5.12. The summed E-state index contributed by atoms with van der Waals surface area (Å²) in [6.07, 6.45) is 4.38. The van der Waals surface area contributed by atoms with Crippen molar-refractivity contribution < 1.29 is 9.21 Å². The lowest BCUT2D eigenvalue weighted by atomic mass is 9.92. The van der Waals surface area contributed by atoms with Crippen LogP contribution in [0.4, 0.5) is 0 Å². The van der Waals surface area contributed by atoms with Gasteiger partial charge in [0.05, 0.1) is 6.54 Å². The standard InChI is InChI=1S/C23H24N2O2/c1-2-3-5-13-20-19(17-10-6-4-7-11-17)16-25(24-20)23(26)22-15-18-12-8-9-14-21(18)27-22/h4,6-12,14-15,19H,2-3,5,13,16H2,1H3. The molecule has 1 atom stereocenters. The van der Waals surface area contributed by atoms with Crippen LogP contribution in [0, 0.1) is 0 Å². The Hall–Kier alpha value is -2.88. The fourth-order valence-corrected chi connectivity index (χ4v) is 3.65. The molecule has 138 valence electrons. The molecular formula is C23H24N2O2. The number of para-hydroxylation sites is 1. The lowest BCUT2D eigenvalue weighted by Crippen LogP contribution is -2.25. The van der Waals surface area contributed by atoms with Crippen LogP contribution in [-0.2, 0) is 0 Å². The quantitative estimate of drug-likeness (QED) is 0.536. The zero-order valence-electron chi connectivity index (χ0n) is 15.6. The highest BCUT2D eigenvalue weighted by molar-refractivity contribution is 6.00. The van der Waals surface area contributed by atoms with Gasteiger partial charge in [0.25, 0.3) is 0 Å². The number of carbonyl (C=O) groups is 1. The van der Waals surface area contributed by atoms with Crippen molar-refractivity contribution in [1.82, 2.24) is 5.01 Å². The summed E-state index contributed by atoms with van der Waals surface area (Å²) < 4.78 is 5.76. The van der Waals surface area contributed by atoms with Gasteiger partial charge in [-0.25, -0.2) is 5.01 Å². The number of benzene rings is 2.